The second-order valence-corrected chi connectivity index (χ2v) is 6.69. The highest BCUT2D eigenvalue weighted by molar-refractivity contribution is 6.03. The molecule has 0 saturated heterocycles. The predicted molar refractivity (Wildman–Crippen MR) is 109 cm³/mol. The number of H-pyrrole nitrogens is 1. The van der Waals surface area contributed by atoms with Gasteiger partial charge in [0, 0.05) is 11.1 Å². The van der Waals surface area contributed by atoms with Gasteiger partial charge in [-0.25, -0.2) is 0 Å². The van der Waals surface area contributed by atoms with Gasteiger partial charge in [0.05, 0.1) is 23.0 Å². The van der Waals surface area contributed by atoms with E-state index in [-0.39, 0.29) is 0 Å². The van der Waals surface area contributed by atoms with Crippen LogP contribution >= 0.6 is 0 Å². The second kappa shape index (κ2) is 7.90. The smallest absolute Gasteiger partial charge is 0.370 e. The van der Waals surface area contributed by atoms with E-state index >= 15 is 0 Å². The van der Waals surface area contributed by atoms with Crippen molar-refractivity contribution in [2.45, 2.75) is 12.2 Å². The summed E-state index contributed by atoms with van der Waals surface area (Å²) in [6, 6.07) is 18.0. The molecule has 1 atom stereocenters. The summed E-state index contributed by atoms with van der Waals surface area (Å²) in [5, 5.41) is 13.6. The first-order valence-electron chi connectivity index (χ1n) is 9.13. The zero-order chi connectivity index (χ0) is 21.1. The molecule has 5 nitrogen and oxygen atoms in total. The Hall–Kier alpha value is -3.81. The van der Waals surface area contributed by atoms with Crippen LogP contribution in [0.15, 0.2) is 79.0 Å². The van der Waals surface area contributed by atoms with Crippen LogP contribution in [0.4, 0.5) is 24.5 Å². The summed E-state index contributed by atoms with van der Waals surface area (Å²) < 4.78 is 38.8. The first-order valence-corrected chi connectivity index (χ1v) is 9.13. The fourth-order valence-corrected chi connectivity index (χ4v) is 3.14. The topological polar surface area (TPSA) is 69.8 Å². The van der Waals surface area contributed by atoms with Gasteiger partial charge in [-0.2, -0.15) is 18.3 Å². The van der Waals surface area contributed by atoms with Crippen LogP contribution in [0.1, 0.15) is 17.2 Å². The van der Waals surface area contributed by atoms with Crippen molar-refractivity contribution in [1.82, 2.24) is 10.2 Å². The number of benzene rings is 3. The number of nitrogens with one attached hydrogen (secondary N) is 3. The van der Waals surface area contributed by atoms with Crippen molar-refractivity contribution in [1.29, 1.82) is 0 Å². The van der Waals surface area contributed by atoms with E-state index in [1.165, 1.54) is 12.1 Å². The summed E-state index contributed by atoms with van der Waals surface area (Å²) in [6.45, 7) is 0. The van der Waals surface area contributed by atoms with Gasteiger partial charge in [0.2, 0.25) is 0 Å². The quantitative estimate of drug-likeness (QED) is 0.414. The molecule has 0 bridgehead atoms. The predicted octanol–water partition coefficient (Wildman–Crippen LogP) is 5.37. The minimum Gasteiger partial charge on any atom is -0.370 e. The van der Waals surface area contributed by atoms with Gasteiger partial charge in [-0.15, -0.1) is 0 Å². The van der Waals surface area contributed by atoms with Crippen LogP contribution in [-0.2, 0) is 11.0 Å². The molecule has 0 spiro atoms. The Kier molecular flexibility index (Phi) is 5.14. The summed E-state index contributed by atoms with van der Waals surface area (Å²) in [4.78, 5) is 13.1. The van der Waals surface area contributed by atoms with Crippen molar-refractivity contribution in [3.8, 4) is 0 Å². The van der Waals surface area contributed by atoms with Gasteiger partial charge in [-0.05, 0) is 35.9 Å². The third-order valence-corrected chi connectivity index (χ3v) is 4.65. The van der Waals surface area contributed by atoms with Gasteiger partial charge in [-0.1, -0.05) is 42.5 Å². The van der Waals surface area contributed by atoms with Crippen LogP contribution in [0, 0.1) is 0 Å². The Bertz CT molecular complexity index is 1150. The minimum atomic E-state index is -4.45. The van der Waals surface area contributed by atoms with E-state index in [4.69, 9.17) is 0 Å². The lowest BCUT2D eigenvalue weighted by atomic mass is 10.0. The summed E-state index contributed by atoms with van der Waals surface area (Å²) in [7, 11) is 0. The average Bonchev–Trinajstić information content (AvgIpc) is 3.22. The molecule has 1 amide bonds. The molecule has 1 heterocycles. The fourth-order valence-electron chi connectivity index (χ4n) is 3.14. The minimum absolute atomic E-state index is 0.404. The lowest BCUT2D eigenvalue weighted by Crippen LogP contribution is -2.27. The molecule has 0 fully saturated rings. The Morgan fingerprint density at radius 1 is 0.933 bits per heavy atom. The van der Waals surface area contributed by atoms with E-state index in [9.17, 15) is 18.0 Å². The third-order valence-electron chi connectivity index (χ3n) is 4.65. The Labute approximate surface area is 169 Å². The number of carbonyl (C=O) groups is 1. The standard InChI is InChI=1S/C22H17F3N4O/c23-22(24,25)16-11-9-14(10-12-16)20(27-17-6-2-1-3-7-17)21(30)28-18-8-4-5-15-13-26-29-19(15)18/h1-13,20,27H,(H,26,29)(H,28,30). The fraction of sp³-hybridized carbons (Fsp3) is 0.0909. The molecule has 152 valence electrons. The maximum absolute atomic E-state index is 13.1. The third kappa shape index (κ3) is 4.12. The first kappa shape index (κ1) is 19.5. The number of halogens is 3. The molecule has 30 heavy (non-hydrogen) atoms. The molecule has 8 heteroatoms. The van der Waals surface area contributed by atoms with E-state index < -0.39 is 23.7 Å². The monoisotopic (exact) mass is 410 g/mol. The number of aromatic amines is 1. The molecule has 0 saturated carbocycles. The van der Waals surface area contributed by atoms with Crippen LogP contribution in [0.5, 0.6) is 0 Å². The highest BCUT2D eigenvalue weighted by atomic mass is 19.4. The molecular weight excluding hydrogens is 393 g/mol. The number of nitrogens with zero attached hydrogens (tertiary/aromatic N) is 1. The molecule has 0 radical (unpaired) electrons. The highest BCUT2D eigenvalue weighted by Gasteiger charge is 2.31. The van der Waals surface area contributed by atoms with Crippen LogP contribution in [0.25, 0.3) is 10.9 Å². The second-order valence-electron chi connectivity index (χ2n) is 6.69. The van der Waals surface area contributed by atoms with Gasteiger partial charge in [0.25, 0.3) is 5.91 Å². The maximum atomic E-state index is 13.1. The molecule has 4 rings (SSSR count). The molecule has 4 aromatic rings. The number of para-hydroxylation sites is 2. The average molecular weight is 410 g/mol. The number of hydrogen-bond acceptors (Lipinski definition) is 3. The summed E-state index contributed by atoms with van der Waals surface area (Å²) in [5.41, 5.74) is 1.49. The molecular formula is C22H17F3N4O. The summed E-state index contributed by atoms with van der Waals surface area (Å²) >= 11 is 0. The van der Waals surface area contributed by atoms with E-state index in [1.807, 2.05) is 12.1 Å². The van der Waals surface area contributed by atoms with E-state index in [1.54, 1.807) is 42.6 Å². The van der Waals surface area contributed by atoms with Crippen LogP contribution in [0.2, 0.25) is 0 Å². The van der Waals surface area contributed by atoms with Gasteiger partial charge in [0.1, 0.15) is 6.04 Å². The lowest BCUT2D eigenvalue weighted by Gasteiger charge is -2.21. The number of rotatable bonds is 5. The number of amides is 1. The van der Waals surface area contributed by atoms with E-state index in [0.29, 0.717) is 22.5 Å². The molecule has 0 aliphatic carbocycles. The largest absolute Gasteiger partial charge is 0.416 e. The van der Waals surface area contributed by atoms with Crippen LogP contribution in [-0.4, -0.2) is 16.1 Å². The van der Waals surface area contributed by atoms with E-state index in [2.05, 4.69) is 20.8 Å². The summed E-state index contributed by atoms with van der Waals surface area (Å²) in [6.07, 6.45) is -2.81. The number of alkyl halides is 3. The van der Waals surface area contributed by atoms with Crippen molar-refractivity contribution < 1.29 is 18.0 Å². The van der Waals surface area contributed by atoms with Gasteiger partial charge in [0.15, 0.2) is 0 Å². The molecule has 1 unspecified atom stereocenters. The number of aromatic nitrogens is 2. The zero-order valence-electron chi connectivity index (χ0n) is 15.6. The lowest BCUT2D eigenvalue weighted by molar-refractivity contribution is -0.137. The first-order chi connectivity index (χ1) is 14.4. The Balaban J connectivity index is 1.66. The Morgan fingerprint density at radius 2 is 1.67 bits per heavy atom. The maximum Gasteiger partial charge on any atom is 0.416 e. The molecule has 3 N–H and O–H groups in total. The van der Waals surface area contributed by atoms with Crippen LogP contribution in [0.3, 0.4) is 0 Å². The number of anilines is 2. The number of hydrogen-bond donors (Lipinski definition) is 3. The van der Waals surface area contributed by atoms with E-state index in [0.717, 1.165) is 17.5 Å². The van der Waals surface area contributed by atoms with Crippen molar-refractivity contribution in [3.63, 3.8) is 0 Å². The van der Waals surface area contributed by atoms with Crippen molar-refractivity contribution >= 4 is 28.2 Å². The van der Waals surface area contributed by atoms with Crippen molar-refractivity contribution in [2.24, 2.45) is 0 Å². The SMILES string of the molecule is O=C(Nc1cccc2cn[nH]c12)C(Nc1ccccc1)c1ccc(C(F)(F)F)cc1. The normalized spacial score (nSPS) is 12.5. The molecule has 1 aromatic heterocycles. The summed E-state index contributed by atoms with van der Waals surface area (Å²) in [5.74, 6) is -0.416. The molecule has 0 aliphatic heterocycles. The van der Waals surface area contributed by atoms with Crippen molar-refractivity contribution in [2.75, 3.05) is 10.6 Å². The zero-order valence-corrected chi connectivity index (χ0v) is 15.6. The Morgan fingerprint density at radius 3 is 2.37 bits per heavy atom. The number of fused-ring (bicyclic) bond motifs is 1. The van der Waals surface area contributed by atoms with Crippen LogP contribution < -0.4 is 10.6 Å². The number of carbonyl (C=O) groups excluding carboxylic acids is 1. The van der Waals surface area contributed by atoms with Crippen molar-refractivity contribution in [3.05, 3.63) is 90.1 Å². The van der Waals surface area contributed by atoms with Gasteiger partial charge < -0.3 is 10.6 Å². The van der Waals surface area contributed by atoms with Gasteiger partial charge >= 0.3 is 6.18 Å². The molecule has 0 aliphatic rings. The highest BCUT2D eigenvalue weighted by Crippen LogP contribution is 2.31. The molecule has 3 aromatic carbocycles. The van der Waals surface area contributed by atoms with Gasteiger partial charge in [-0.3, -0.25) is 9.89 Å².